The Morgan fingerprint density at radius 2 is 2.12 bits per heavy atom. The largest absolute Gasteiger partial charge is 0.373 e. The Bertz CT molecular complexity index is 798. The molecular weight excluding hydrogens is 306 g/mol. The molecule has 1 saturated heterocycles. The van der Waals surface area contributed by atoms with Crippen molar-refractivity contribution in [3.8, 4) is 5.69 Å². The van der Waals surface area contributed by atoms with Gasteiger partial charge in [0.25, 0.3) is 5.95 Å². The number of tetrazole rings is 1. The summed E-state index contributed by atoms with van der Waals surface area (Å²) < 4.78 is 9.57. The van der Waals surface area contributed by atoms with Crippen LogP contribution in [0.15, 0.2) is 42.7 Å². The van der Waals surface area contributed by atoms with Crippen LogP contribution in [-0.4, -0.2) is 55.8 Å². The summed E-state index contributed by atoms with van der Waals surface area (Å²) in [5.74, 6) is 0.742. The van der Waals surface area contributed by atoms with E-state index in [2.05, 4.69) is 25.5 Å². The summed E-state index contributed by atoms with van der Waals surface area (Å²) in [5, 5.41) is 16.5. The fourth-order valence-corrected chi connectivity index (χ4v) is 2.90. The zero-order valence-electron chi connectivity index (χ0n) is 13.5. The van der Waals surface area contributed by atoms with Crippen LogP contribution in [-0.2, 0) is 11.3 Å². The van der Waals surface area contributed by atoms with E-state index in [-0.39, 0.29) is 6.10 Å². The molecule has 0 radical (unpaired) electrons. The van der Waals surface area contributed by atoms with Crippen molar-refractivity contribution in [2.24, 2.45) is 0 Å². The predicted molar refractivity (Wildman–Crippen MR) is 88.1 cm³/mol. The van der Waals surface area contributed by atoms with Gasteiger partial charge in [-0.2, -0.15) is 9.78 Å². The van der Waals surface area contributed by atoms with Gasteiger partial charge in [0.15, 0.2) is 0 Å². The SMILES string of the molecule is Cc1cnn(CC2CN(c3nnnn3-c3ccccc3)CCO2)c1. The molecule has 0 bridgehead atoms. The number of nitrogens with zero attached hydrogens (tertiary/aromatic N) is 7. The third-order valence-electron chi connectivity index (χ3n) is 4.03. The van der Waals surface area contributed by atoms with Crippen LogP contribution in [0.25, 0.3) is 5.69 Å². The number of para-hydroxylation sites is 1. The van der Waals surface area contributed by atoms with Gasteiger partial charge in [-0.05, 0) is 35.0 Å². The lowest BCUT2D eigenvalue weighted by Gasteiger charge is -2.33. The number of aromatic nitrogens is 6. The Morgan fingerprint density at radius 1 is 1.25 bits per heavy atom. The van der Waals surface area contributed by atoms with Gasteiger partial charge in [-0.15, -0.1) is 0 Å². The Morgan fingerprint density at radius 3 is 2.92 bits per heavy atom. The standard InChI is InChI=1S/C16H19N7O/c1-13-9-17-22(10-13)12-15-11-21(7-8-24-15)16-18-19-20-23(16)14-5-3-2-4-6-14/h2-6,9-10,15H,7-8,11-12H2,1H3. The Kier molecular flexibility index (Phi) is 3.96. The first-order valence-corrected chi connectivity index (χ1v) is 7.99. The number of morpholine rings is 1. The number of hydrogen-bond acceptors (Lipinski definition) is 6. The summed E-state index contributed by atoms with van der Waals surface area (Å²) >= 11 is 0. The molecule has 0 spiro atoms. The Labute approximate surface area is 139 Å². The van der Waals surface area contributed by atoms with Gasteiger partial charge in [-0.25, -0.2) is 0 Å². The molecule has 1 atom stereocenters. The molecule has 0 saturated carbocycles. The molecule has 24 heavy (non-hydrogen) atoms. The maximum absolute atomic E-state index is 5.88. The van der Waals surface area contributed by atoms with E-state index in [1.165, 1.54) is 0 Å². The highest BCUT2D eigenvalue weighted by molar-refractivity contribution is 5.40. The molecular formula is C16H19N7O. The molecule has 1 unspecified atom stereocenters. The summed E-state index contributed by atoms with van der Waals surface area (Å²) in [5.41, 5.74) is 2.10. The first-order chi connectivity index (χ1) is 11.8. The lowest BCUT2D eigenvalue weighted by Crippen LogP contribution is -2.45. The van der Waals surface area contributed by atoms with Gasteiger partial charge < -0.3 is 9.64 Å². The minimum absolute atomic E-state index is 0.0546. The van der Waals surface area contributed by atoms with Crippen LogP contribution < -0.4 is 4.90 Å². The topological polar surface area (TPSA) is 73.9 Å². The van der Waals surface area contributed by atoms with Crippen LogP contribution in [0.4, 0.5) is 5.95 Å². The second kappa shape index (κ2) is 6.40. The number of anilines is 1. The average molecular weight is 325 g/mol. The molecule has 1 aromatic carbocycles. The second-order valence-electron chi connectivity index (χ2n) is 5.90. The first-order valence-electron chi connectivity index (χ1n) is 7.99. The minimum Gasteiger partial charge on any atom is -0.373 e. The van der Waals surface area contributed by atoms with Crippen molar-refractivity contribution < 1.29 is 4.74 Å². The van der Waals surface area contributed by atoms with Crippen molar-refractivity contribution in [1.82, 2.24) is 30.0 Å². The van der Waals surface area contributed by atoms with E-state index in [1.807, 2.05) is 54.3 Å². The highest BCUT2D eigenvalue weighted by Gasteiger charge is 2.25. The maximum atomic E-state index is 5.88. The number of benzene rings is 1. The monoisotopic (exact) mass is 325 g/mol. The highest BCUT2D eigenvalue weighted by Crippen LogP contribution is 2.18. The summed E-state index contributed by atoms with van der Waals surface area (Å²) in [6.45, 7) is 4.89. The van der Waals surface area contributed by atoms with Gasteiger partial charge >= 0.3 is 0 Å². The van der Waals surface area contributed by atoms with Crippen molar-refractivity contribution in [1.29, 1.82) is 0 Å². The molecule has 3 aromatic rings. The van der Waals surface area contributed by atoms with Crippen LogP contribution in [0.2, 0.25) is 0 Å². The third kappa shape index (κ3) is 3.00. The second-order valence-corrected chi connectivity index (χ2v) is 5.90. The van der Waals surface area contributed by atoms with Gasteiger partial charge in [0.05, 0.1) is 31.1 Å². The van der Waals surface area contributed by atoms with Gasteiger partial charge in [-0.1, -0.05) is 23.3 Å². The number of aryl methyl sites for hydroxylation is 1. The van der Waals surface area contributed by atoms with Crippen LogP contribution in [0.3, 0.4) is 0 Å². The molecule has 0 aliphatic carbocycles. The van der Waals surface area contributed by atoms with Crippen molar-refractivity contribution in [2.75, 3.05) is 24.6 Å². The number of ether oxygens (including phenoxy) is 1. The molecule has 4 rings (SSSR count). The Balaban J connectivity index is 1.52. The zero-order chi connectivity index (χ0) is 16.4. The summed E-state index contributed by atoms with van der Waals surface area (Å²) in [6.07, 6.45) is 3.94. The molecule has 8 nitrogen and oxygen atoms in total. The molecule has 8 heteroatoms. The molecule has 1 aliphatic heterocycles. The van der Waals surface area contributed by atoms with E-state index >= 15 is 0 Å². The molecule has 3 heterocycles. The van der Waals surface area contributed by atoms with E-state index in [0.29, 0.717) is 6.61 Å². The normalized spacial score (nSPS) is 18.0. The summed E-state index contributed by atoms with van der Waals surface area (Å²) in [4.78, 5) is 2.16. The van der Waals surface area contributed by atoms with Crippen molar-refractivity contribution in [3.63, 3.8) is 0 Å². The fourth-order valence-electron chi connectivity index (χ4n) is 2.90. The average Bonchev–Trinajstić information content (AvgIpc) is 3.25. The molecule has 124 valence electrons. The maximum Gasteiger partial charge on any atom is 0.250 e. The van der Waals surface area contributed by atoms with E-state index in [0.717, 1.165) is 36.8 Å². The lowest BCUT2D eigenvalue weighted by molar-refractivity contribution is 0.0268. The van der Waals surface area contributed by atoms with Crippen LogP contribution >= 0.6 is 0 Å². The molecule has 1 fully saturated rings. The summed E-state index contributed by atoms with van der Waals surface area (Å²) in [7, 11) is 0. The van der Waals surface area contributed by atoms with Gasteiger partial charge in [-0.3, -0.25) is 4.68 Å². The van der Waals surface area contributed by atoms with Gasteiger partial charge in [0.1, 0.15) is 0 Å². The van der Waals surface area contributed by atoms with Crippen LogP contribution in [0.1, 0.15) is 5.56 Å². The van der Waals surface area contributed by atoms with E-state index < -0.39 is 0 Å². The van der Waals surface area contributed by atoms with Gasteiger partial charge in [0, 0.05) is 19.3 Å². The minimum atomic E-state index is 0.0546. The smallest absolute Gasteiger partial charge is 0.250 e. The predicted octanol–water partition coefficient (Wildman–Crippen LogP) is 1.07. The molecule has 0 N–H and O–H groups in total. The fraction of sp³-hybridized carbons (Fsp3) is 0.375. The highest BCUT2D eigenvalue weighted by atomic mass is 16.5. The quantitative estimate of drug-likeness (QED) is 0.714. The summed E-state index contributed by atoms with van der Waals surface area (Å²) in [6, 6.07) is 9.91. The van der Waals surface area contributed by atoms with Crippen molar-refractivity contribution in [2.45, 2.75) is 19.6 Å². The molecule has 2 aromatic heterocycles. The third-order valence-corrected chi connectivity index (χ3v) is 4.03. The number of rotatable bonds is 4. The molecule has 0 amide bonds. The number of hydrogen-bond donors (Lipinski definition) is 0. The van der Waals surface area contributed by atoms with Crippen molar-refractivity contribution in [3.05, 3.63) is 48.3 Å². The van der Waals surface area contributed by atoms with E-state index in [4.69, 9.17) is 4.74 Å². The van der Waals surface area contributed by atoms with Crippen LogP contribution in [0.5, 0.6) is 0 Å². The van der Waals surface area contributed by atoms with Gasteiger partial charge in [0.2, 0.25) is 0 Å². The Hall–Kier alpha value is -2.74. The molecule has 1 aliphatic rings. The lowest BCUT2D eigenvalue weighted by atomic mass is 10.2. The van der Waals surface area contributed by atoms with E-state index in [1.54, 1.807) is 4.68 Å². The van der Waals surface area contributed by atoms with Crippen LogP contribution in [0, 0.1) is 6.92 Å². The zero-order valence-corrected chi connectivity index (χ0v) is 13.5. The first kappa shape index (κ1) is 14.8. The van der Waals surface area contributed by atoms with E-state index in [9.17, 15) is 0 Å². The van der Waals surface area contributed by atoms with Crippen molar-refractivity contribution >= 4 is 5.95 Å².